The van der Waals surface area contributed by atoms with Crippen molar-refractivity contribution in [2.45, 2.75) is 6.92 Å². The molecule has 0 fully saturated rings. The molecule has 0 aliphatic rings. The first kappa shape index (κ1) is 13.5. The van der Waals surface area contributed by atoms with Crippen molar-refractivity contribution >= 4 is 40.4 Å². The maximum Gasteiger partial charge on any atom is 0.335 e. The van der Waals surface area contributed by atoms with Crippen LogP contribution in [0.1, 0.15) is 15.9 Å². The summed E-state index contributed by atoms with van der Waals surface area (Å²) in [6.45, 7) is 1.92. The van der Waals surface area contributed by atoms with E-state index in [9.17, 15) is 4.79 Å². The Morgan fingerprint density at radius 1 is 1.29 bits per heavy atom. The molecule has 5 nitrogen and oxygen atoms in total. The van der Waals surface area contributed by atoms with Crippen LogP contribution in [-0.4, -0.2) is 16.1 Å². The highest BCUT2D eigenvalue weighted by Crippen LogP contribution is 2.25. The number of hydrogen-bond acceptors (Lipinski definition) is 4. The van der Waals surface area contributed by atoms with Gasteiger partial charge in [-0.05, 0) is 42.8 Å². The molecule has 0 aliphatic carbocycles. The number of hydrogen-bond donors (Lipinski definition) is 2. The molecule has 3 rings (SSSR count). The van der Waals surface area contributed by atoms with Gasteiger partial charge < -0.3 is 14.8 Å². The van der Waals surface area contributed by atoms with Gasteiger partial charge in [0.25, 0.3) is 6.01 Å². The topological polar surface area (TPSA) is 75.4 Å². The largest absolute Gasteiger partial charge is 0.478 e. The number of fused-ring (bicyclic) bond motifs is 1. The Morgan fingerprint density at radius 3 is 2.81 bits per heavy atom. The number of oxazole rings is 1. The number of aromatic nitrogens is 1. The molecule has 0 aliphatic heterocycles. The number of benzene rings is 2. The van der Waals surface area contributed by atoms with E-state index in [0.29, 0.717) is 16.1 Å². The predicted octanol–water partition coefficient (Wildman–Crippen LogP) is 4.23. The third-order valence-corrected chi connectivity index (χ3v) is 3.47. The summed E-state index contributed by atoms with van der Waals surface area (Å²) in [6, 6.07) is 10.3. The number of anilines is 2. The summed E-state index contributed by atoms with van der Waals surface area (Å²) in [6.07, 6.45) is 0. The molecule has 2 N–H and O–H groups in total. The van der Waals surface area contributed by atoms with Crippen molar-refractivity contribution in [2.24, 2.45) is 0 Å². The van der Waals surface area contributed by atoms with Crippen LogP contribution in [0.15, 0.2) is 40.8 Å². The van der Waals surface area contributed by atoms with Crippen molar-refractivity contribution in [1.29, 1.82) is 0 Å². The van der Waals surface area contributed by atoms with Crippen molar-refractivity contribution in [3.05, 3.63) is 52.5 Å². The number of nitrogens with zero attached hydrogens (tertiary/aromatic N) is 1. The van der Waals surface area contributed by atoms with Gasteiger partial charge in [0, 0.05) is 10.7 Å². The van der Waals surface area contributed by atoms with Gasteiger partial charge >= 0.3 is 5.97 Å². The third kappa shape index (κ3) is 2.68. The Balaban J connectivity index is 1.93. The number of carboxylic acid groups (broad SMARTS) is 1. The fourth-order valence-corrected chi connectivity index (χ4v) is 2.09. The molecule has 3 aromatic rings. The number of aromatic carboxylic acids is 1. The fourth-order valence-electron chi connectivity index (χ4n) is 1.91. The first-order valence-corrected chi connectivity index (χ1v) is 6.58. The molecule has 2 aromatic carbocycles. The highest BCUT2D eigenvalue weighted by molar-refractivity contribution is 6.31. The lowest BCUT2D eigenvalue weighted by molar-refractivity contribution is 0.0697. The number of halogens is 1. The van der Waals surface area contributed by atoms with Crippen molar-refractivity contribution in [1.82, 2.24) is 4.98 Å². The van der Waals surface area contributed by atoms with Gasteiger partial charge in [-0.15, -0.1) is 0 Å². The molecule has 1 aromatic heterocycles. The van der Waals surface area contributed by atoms with Crippen LogP contribution in [-0.2, 0) is 0 Å². The average molecular weight is 303 g/mol. The second kappa shape index (κ2) is 5.10. The number of nitrogens with one attached hydrogen (secondary N) is 1. The summed E-state index contributed by atoms with van der Waals surface area (Å²) < 4.78 is 5.50. The summed E-state index contributed by atoms with van der Waals surface area (Å²) in [5.41, 5.74) is 2.88. The monoisotopic (exact) mass is 302 g/mol. The smallest absolute Gasteiger partial charge is 0.335 e. The molecule has 0 amide bonds. The van der Waals surface area contributed by atoms with Gasteiger partial charge in [-0.1, -0.05) is 17.7 Å². The summed E-state index contributed by atoms with van der Waals surface area (Å²) in [5, 5.41) is 12.6. The highest BCUT2D eigenvalue weighted by Gasteiger charge is 2.10. The van der Waals surface area contributed by atoms with Crippen molar-refractivity contribution in [3.63, 3.8) is 0 Å². The van der Waals surface area contributed by atoms with Gasteiger partial charge in [0.1, 0.15) is 5.52 Å². The van der Waals surface area contributed by atoms with Crippen molar-refractivity contribution in [3.8, 4) is 0 Å². The van der Waals surface area contributed by atoms with Crippen LogP contribution < -0.4 is 5.32 Å². The van der Waals surface area contributed by atoms with Gasteiger partial charge in [0.05, 0.1) is 5.56 Å². The van der Waals surface area contributed by atoms with E-state index in [-0.39, 0.29) is 11.6 Å². The number of carbonyl (C=O) groups is 1. The predicted molar refractivity (Wildman–Crippen MR) is 80.4 cm³/mol. The number of carboxylic acids is 1. The third-order valence-electron chi connectivity index (χ3n) is 3.06. The lowest BCUT2D eigenvalue weighted by atomic mass is 10.2. The van der Waals surface area contributed by atoms with Gasteiger partial charge in [-0.3, -0.25) is 0 Å². The zero-order valence-electron chi connectivity index (χ0n) is 11.1. The Hall–Kier alpha value is -2.53. The minimum atomic E-state index is -1.01. The Labute approximate surface area is 125 Å². The Bertz CT molecular complexity index is 842. The fraction of sp³-hybridized carbons (Fsp3) is 0.0667. The van der Waals surface area contributed by atoms with E-state index in [1.54, 1.807) is 12.1 Å². The summed E-state index contributed by atoms with van der Waals surface area (Å²) in [7, 11) is 0. The van der Waals surface area contributed by atoms with Gasteiger partial charge in [0.2, 0.25) is 0 Å². The van der Waals surface area contributed by atoms with E-state index in [1.807, 2.05) is 19.1 Å². The van der Waals surface area contributed by atoms with Crippen LogP contribution in [0.3, 0.4) is 0 Å². The zero-order valence-corrected chi connectivity index (χ0v) is 11.8. The molecule has 1 heterocycles. The summed E-state index contributed by atoms with van der Waals surface area (Å²) >= 11 is 6.06. The molecule has 0 atom stereocenters. The van der Waals surface area contributed by atoms with E-state index in [2.05, 4.69) is 10.3 Å². The molecule has 0 saturated heterocycles. The maximum atomic E-state index is 10.9. The molecule has 106 valence electrons. The van der Waals surface area contributed by atoms with Crippen LogP contribution in [0.4, 0.5) is 11.7 Å². The Morgan fingerprint density at radius 2 is 2.10 bits per heavy atom. The molecule has 0 unspecified atom stereocenters. The van der Waals surface area contributed by atoms with E-state index in [1.165, 1.54) is 12.1 Å². The minimum absolute atomic E-state index is 0.156. The first-order chi connectivity index (χ1) is 10.0. The molecule has 0 saturated carbocycles. The first-order valence-electron chi connectivity index (χ1n) is 6.20. The number of aryl methyl sites for hydroxylation is 1. The molecular weight excluding hydrogens is 292 g/mol. The van der Waals surface area contributed by atoms with Crippen LogP contribution in [0, 0.1) is 6.92 Å². The average Bonchev–Trinajstić information content (AvgIpc) is 2.84. The van der Waals surface area contributed by atoms with Crippen LogP contribution in [0.25, 0.3) is 11.1 Å². The molecule has 0 bridgehead atoms. The van der Waals surface area contributed by atoms with E-state index >= 15 is 0 Å². The van der Waals surface area contributed by atoms with Crippen LogP contribution in [0.5, 0.6) is 0 Å². The lowest BCUT2D eigenvalue weighted by Gasteiger charge is -2.03. The van der Waals surface area contributed by atoms with E-state index in [4.69, 9.17) is 21.1 Å². The molecule has 21 heavy (non-hydrogen) atoms. The molecule has 0 radical (unpaired) electrons. The van der Waals surface area contributed by atoms with Gasteiger partial charge in [0.15, 0.2) is 5.58 Å². The van der Waals surface area contributed by atoms with Gasteiger partial charge in [-0.25, -0.2) is 4.79 Å². The van der Waals surface area contributed by atoms with E-state index < -0.39 is 5.97 Å². The minimum Gasteiger partial charge on any atom is -0.478 e. The van der Waals surface area contributed by atoms with Crippen molar-refractivity contribution < 1.29 is 14.3 Å². The SMILES string of the molecule is Cc1ccc(Nc2nc3ccc(C(=O)O)cc3o2)cc1Cl. The number of rotatable bonds is 3. The standard InChI is InChI=1S/C15H11ClN2O3/c1-8-2-4-10(7-11(8)16)17-15-18-12-5-3-9(14(19)20)6-13(12)21-15/h2-7H,1H3,(H,17,18)(H,19,20). The highest BCUT2D eigenvalue weighted by atomic mass is 35.5. The second-order valence-electron chi connectivity index (χ2n) is 4.60. The van der Waals surface area contributed by atoms with Crippen molar-refractivity contribution in [2.75, 3.05) is 5.32 Å². The maximum absolute atomic E-state index is 10.9. The molecular formula is C15H11ClN2O3. The van der Waals surface area contributed by atoms with E-state index in [0.717, 1.165) is 11.3 Å². The lowest BCUT2D eigenvalue weighted by Crippen LogP contribution is -1.94. The second-order valence-corrected chi connectivity index (χ2v) is 5.00. The molecule has 0 spiro atoms. The Kier molecular flexibility index (Phi) is 3.27. The van der Waals surface area contributed by atoms with Crippen LogP contribution in [0.2, 0.25) is 5.02 Å². The zero-order chi connectivity index (χ0) is 15.0. The summed E-state index contributed by atoms with van der Waals surface area (Å²) in [5.74, 6) is -1.01. The van der Waals surface area contributed by atoms with Crippen LogP contribution >= 0.6 is 11.6 Å². The van der Waals surface area contributed by atoms with Gasteiger partial charge in [-0.2, -0.15) is 4.98 Å². The summed E-state index contributed by atoms with van der Waals surface area (Å²) in [4.78, 5) is 15.2. The molecule has 6 heteroatoms. The normalized spacial score (nSPS) is 10.8. The quantitative estimate of drug-likeness (QED) is 0.757.